The van der Waals surface area contributed by atoms with E-state index in [4.69, 9.17) is 0 Å². The van der Waals surface area contributed by atoms with Gasteiger partial charge in [0.1, 0.15) is 0 Å². The van der Waals surface area contributed by atoms with Crippen molar-refractivity contribution in [2.24, 2.45) is 0 Å². The Balaban J connectivity index is 1.67. The summed E-state index contributed by atoms with van der Waals surface area (Å²) >= 11 is 0. The third-order valence-electron chi connectivity index (χ3n) is 6.33. The third kappa shape index (κ3) is 2.96. The molecule has 0 saturated heterocycles. The summed E-state index contributed by atoms with van der Waals surface area (Å²) in [5.74, 6) is 0. The molecule has 0 fully saturated rings. The molecule has 0 heterocycles. The SMILES string of the molecule is c1cc2cc3cc4ccc5cc(cc1c5c24)CCCCCCCCCC3. The highest BCUT2D eigenvalue weighted by Gasteiger charge is 2.11. The Morgan fingerprint density at radius 1 is 0.385 bits per heavy atom. The van der Waals surface area contributed by atoms with Crippen LogP contribution in [0.5, 0.6) is 0 Å². The fourth-order valence-corrected chi connectivity index (χ4v) is 4.97. The number of hydrogen-bond donors (Lipinski definition) is 0. The van der Waals surface area contributed by atoms with Gasteiger partial charge in [-0.1, -0.05) is 87.1 Å². The van der Waals surface area contributed by atoms with Gasteiger partial charge in [0, 0.05) is 0 Å². The van der Waals surface area contributed by atoms with Gasteiger partial charge in [0.2, 0.25) is 0 Å². The number of rotatable bonds is 0. The highest BCUT2D eigenvalue weighted by atomic mass is 14.1. The average Bonchev–Trinajstić information content (AvgIpc) is 2.66. The molecule has 0 unspecified atom stereocenters. The van der Waals surface area contributed by atoms with Crippen LogP contribution in [0.15, 0.2) is 48.5 Å². The Morgan fingerprint density at radius 3 is 1.04 bits per heavy atom. The molecular weight excluding hydrogens is 312 g/mol. The van der Waals surface area contributed by atoms with E-state index in [-0.39, 0.29) is 0 Å². The lowest BCUT2D eigenvalue weighted by atomic mass is 9.90. The smallest absolute Gasteiger partial charge is 0.00266 e. The molecule has 0 atom stereocenters. The quantitative estimate of drug-likeness (QED) is 0.286. The summed E-state index contributed by atoms with van der Waals surface area (Å²) in [6.45, 7) is 0. The molecule has 3 aliphatic rings. The first-order valence-electron chi connectivity index (χ1n) is 10.6. The van der Waals surface area contributed by atoms with E-state index in [1.807, 2.05) is 0 Å². The van der Waals surface area contributed by atoms with E-state index in [9.17, 15) is 0 Å². The predicted octanol–water partition coefficient (Wildman–Crippen LogP) is 7.80. The fourth-order valence-electron chi connectivity index (χ4n) is 4.97. The van der Waals surface area contributed by atoms with Crippen LogP contribution in [-0.2, 0) is 12.8 Å². The Hall–Kier alpha value is -2.08. The minimum Gasteiger partial charge on any atom is -0.0537 e. The molecular formula is C26H28. The molecule has 0 saturated carbocycles. The lowest BCUT2D eigenvalue weighted by molar-refractivity contribution is 0.567. The lowest BCUT2D eigenvalue weighted by Crippen LogP contribution is -1.92. The summed E-state index contributed by atoms with van der Waals surface area (Å²) in [6.07, 6.45) is 13.5. The fraction of sp³-hybridized carbons (Fsp3) is 0.385. The molecule has 0 radical (unpaired) electrons. The highest BCUT2D eigenvalue weighted by Crippen LogP contribution is 2.36. The van der Waals surface area contributed by atoms with Crippen LogP contribution in [0.4, 0.5) is 0 Å². The maximum atomic E-state index is 2.44. The molecule has 0 amide bonds. The van der Waals surface area contributed by atoms with Gasteiger partial charge in [0.25, 0.3) is 0 Å². The topological polar surface area (TPSA) is 0 Å². The maximum absolute atomic E-state index is 2.44. The molecule has 0 aromatic heterocycles. The van der Waals surface area contributed by atoms with Crippen LogP contribution in [0.1, 0.15) is 62.5 Å². The van der Waals surface area contributed by atoms with E-state index in [0.717, 1.165) is 0 Å². The van der Waals surface area contributed by atoms with Gasteiger partial charge in [-0.3, -0.25) is 0 Å². The third-order valence-corrected chi connectivity index (χ3v) is 6.33. The van der Waals surface area contributed by atoms with E-state index in [1.165, 1.54) is 108 Å². The molecule has 0 heteroatoms. The van der Waals surface area contributed by atoms with Crippen molar-refractivity contribution >= 4 is 32.3 Å². The van der Waals surface area contributed by atoms with E-state index in [1.54, 1.807) is 0 Å². The molecule has 3 aliphatic carbocycles. The predicted molar refractivity (Wildman–Crippen MR) is 114 cm³/mol. The number of hydrogen-bond acceptors (Lipinski definition) is 0. The normalized spacial score (nSPS) is 17.2. The monoisotopic (exact) mass is 340 g/mol. The number of fused-ring (bicyclic) bond motifs is 2. The van der Waals surface area contributed by atoms with Gasteiger partial charge in [0.15, 0.2) is 0 Å². The molecule has 7 rings (SSSR count). The van der Waals surface area contributed by atoms with Crippen LogP contribution >= 0.6 is 0 Å². The zero-order valence-corrected chi connectivity index (χ0v) is 15.7. The Kier molecular flexibility index (Phi) is 4.28. The minimum atomic E-state index is 1.22. The van der Waals surface area contributed by atoms with Gasteiger partial charge < -0.3 is 0 Å². The summed E-state index contributed by atoms with van der Waals surface area (Å²) in [5, 5.41) is 8.62. The highest BCUT2D eigenvalue weighted by molar-refractivity contribution is 6.23. The van der Waals surface area contributed by atoms with Crippen molar-refractivity contribution < 1.29 is 0 Å². The van der Waals surface area contributed by atoms with Gasteiger partial charge in [-0.25, -0.2) is 0 Å². The van der Waals surface area contributed by atoms with E-state index >= 15 is 0 Å². The van der Waals surface area contributed by atoms with E-state index < -0.39 is 0 Å². The van der Waals surface area contributed by atoms with Crippen LogP contribution < -0.4 is 0 Å². The molecule has 8 bridgehead atoms. The van der Waals surface area contributed by atoms with Crippen molar-refractivity contribution in [1.29, 1.82) is 0 Å². The van der Waals surface area contributed by atoms with Crippen LogP contribution in [0, 0.1) is 0 Å². The van der Waals surface area contributed by atoms with Crippen molar-refractivity contribution in [3.8, 4) is 0 Å². The summed E-state index contributed by atoms with van der Waals surface area (Å²) in [5.41, 5.74) is 3.02. The van der Waals surface area contributed by atoms with Crippen LogP contribution in [0.2, 0.25) is 0 Å². The van der Waals surface area contributed by atoms with Gasteiger partial charge in [-0.2, -0.15) is 0 Å². The van der Waals surface area contributed by atoms with E-state index in [0.29, 0.717) is 0 Å². The zero-order chi connectivity index (χ0) is 17.3. The Morgan fingerprint density at radius 2 is 0.692 bits per heavy atom. The van der Waals surface area contributed by atoms with Crippen LogP contribution in [-0.4, -0.2) is 0 Å². The maximum Gasteiger partial charge on any atom is -0.00266 e. The second-order valence-electron chi connectivity index (χ2n) is 8.29. The standard InChI is InChI=1S/C26H28/c1-2-4-6-8-10-20-17-23-13-11-21-15-19(9-7-5-3-1)16-22-12-14-24(18-20)26(23)25(21)22/h11-18H,1-10H2. The second kappa shape index (κ2) is 6.91. The minimum absolute atomic E-state index is 1.22. The van der Waals surface area contributed by atoms with Gasteiger partial charge in [-0.05, 0) is 69.1 Å². The molecule has 4 aromatic rings. The molecule has 0 spiro atoms. The van der Waals surface area contributed by atoms with Crippen molar-refractivity contribution in [1.82, 2.24) is 0 Å². The summed E-state index contributed by atoms with van der Waals surface area (Å²) in [7, 11) is 0. The molecule has 0 nitrogen and oxygen atoms in total. The number of benzene rings is 4. The summed E-state index contributed by atoms with van der Waals surface area (Å²) < 4.78 is 0. The first-order valence-corrected chi connectivity index (χ1v) is 10.6. The molecule has 0 N–H and O–H groups in total. The van der Waals surface area contributed by atoms with Crippen molar-refractivity contribution in [2.45, 2.75) is 64.2 Å². The number of aryl methyl sites for hydroxylation is 2. The molecule has 132 valence electrons. The van der Waals surface area contributed by atoms with Crippen molar-refractivity contribution in [2.75, 3.05) is 0 Å². The Labute approximate surface area is 156 Å². The van der Waals surface area contributed by atoms with Gasteiger partial charge in [0.05, 0.1) is 0 Å². The van der Waals surface area contributed by atoms with Crippen LogP contribution in [0.25, 0.3) is 32.3 Å². The van der Waals surface area contributed by atoms with Gasteiger partial charge >= 0.3 is 0 Å². The first kappa shape index (κ1) is 16.1. The summed E-state index contributed by atoms with van der Waals surface area (Å²) in [4.78, 5) is 0. The Bertz CT molecular complexity index is 888. The second-order valence-corrected chi connectivity index (χ2v) is 8.29. The van der Waals surface area contributed by atoms with Gasteiger partial charge in [-0.15, -0.1) is 0 Å². The van der Waals surface area contributed by atoms with Crippen molar-refractivity contribution in [3.63, 3.8) is 0 Å². The average molecular weight is 341 g/mol. The summed E-state index contributed by atoms with van der Waals surface area (Å²) in [6, 6.07) is 19.2. The van der Waals surface area contributed by atoms with Crippen molar-refractivity contribution in [3.05, 3.63) is 59.7 Å². The first-order chi connectivity index (χ1) is 12.9. The zero-order valence-electron chi connectivity index (χ0n) is 15.7. The molecule has 4 aromatic carbocycles. The lowest BCUT2D eigenvalue weighted by Gasteiger charge is -2.14. The van der Waals surface area contributed by atoms with E-state index in [2.05, 4.69) is 48.5 Å². The molecule has 26 heavy (non-hydrogen) atoms. The molecule has 0 aliphatic heterocycles. The van der Waals surface area contributed by atoms with Crippen LogP contribution in [0.3, 0.4) is 0 Å². The largest absolute Gasteiger partial charge is 0.0537 e.